The summed E-state index contributed by atoms with van der Waals surface area (Å²) in [6.45, 7) is 0.496. The minimum atomic E-state index is -0.939. The van der Waals surface area contributed by atoms with Crippen LogP contribution in [0, 0.1) is 0 Å². The Kier molecular flexibility index (Phi) is 5.14. The lowest BCUT2D eigenvalue weighted by molar-refractivity contribution is 0.0697. The summed E-state index contributed by atoms with van der Waals surface area (Å²) in [7, 11) is 0. The van der Waals surface area contributed by atoms with Gasteiger partial charge in [-0.15, -0.1) is 0 Å². The van der Waals surface area contributed by atoms with Gasteiger partial charge in [0.1, 0.15) is 0 Å². The van der Waals surface area contributed by atoms with Gasteiger partial charge >= 0.3 is 5.97 Å². The summed E-state index contributed by atoms with van der Waals surface area (Å²) in [5.41, 5.74) is 1.93. The zero-order chi connectivity index (χ0) is 15.2. The maximum Gasteiger partial charge on any atom is 0.335 e. The fraction of sp³-hybridized carbons (Fsp3) is 0.0667. The Labute approximate surface area is 132 Å². The van der Waals surface area contributed by atoms with Crippen LogP contribution in [-0.2, 0) is 6.54 Å². The van der Waals surface area contributed by atoms with E-state index in [-0.39, 0.29) is 5.56 Å². The van der Waals surface area contributed by atoms with E-state index in [9.17, 15) is 4.79 Å². The number of hydrogen-bond acceptors (Lipinski definition) is 2. The van der Waals surface area contributed by atoms with Crippen molar-refractivity contribution < 1.29 is 9.90 Å². The summed E-state index contributed by atoms with van der Waals surface area (Å²) < 4.78 is 0. The Morgan fingerprint density at radius 1 is 1.14 bits per heavy atom. The molecule has 108 valence electrons. The number of carboxylic acid groups (broad SMARTS) is 1. The highest BCUT2D eigenvalue weighted by Crippen LogP contribution is 2.20. The summed E-state index contributed by atoms with van der Waals surface area (Å²) in [5, 5.41) is 15.9. The van der Waals surface area contributed by atoms with E-state index in [0.717, 1.165) is 11.3 Å². The average Bonchev–Trinajstić information content (AvgIpc) is 2.48. The number of anilines is 1. The number of thiocarbonyl (C=S) groups is 1. The molecule has 3 N–H and O–H groups in total. The quantitative estimate of drug-likeness (QED) is 0.752. The Bertz CT molecular complexity index is 659. The van der Waals surface area contributed by atoms with E-state index in [4.69, 9.17) is 28.9 Å². The van der Waals surface area contributed by atoms with Crippen molar-refractivity contribution in [3.8, 4) is 0 Å². The molecule has 0 spiro atoms. The van der Waals surface area contributed by atoms with E-state index in [1.165, 1.54) is 0 Å². The largest absolute Gasteiger partial charge is 0.478 e. The Hall–Kier alpha value is -2.11. The first-order chi connectivity index (χ1) is 10.1. The fourth-order valence-electron chi connectivity index (χ4n) is 1.68. The van der Waals surface area contributed by atoms with Crippen LogP contribution in [0.4, 0.5) is 5.69 Å². The topological polar surface area (TPSA) is 61.4 Å². The van der Waals surface area contributed by atoms with Crippen LogP contribution in [0.1, 0.15) is 15.9 Å². The second-order valence-corrected chi connectivity index (χ2v) is 5.11. The van der Waals surface area contributed by atoms with Gasteiger partial charge in [-0.1, -0.05) is 35.9 Å². The second kappa shape index (κ2) is 7.06. The molecule has 6 heteroatoms. The normalized spacial score (nSPS) is 9.95. The molecular weight excluding hydrogens is 308 g/mol. The minimum Gasteiger partial charge on any atom is -0.478 e. The summed E-state index contributed by atoms with van der Waals surface area (Å²) in [5.74, 6) is -0.939. The Morgan fingerprint density at radius 3 is 2.43 bits per heavy atom. The highest BCUT2D eigenvalue weighted by molar-refractivity contribution is 7.80. The van der Waals surface area contributed by atoms with Crippen molar-refractivity contribution in [3.05, 3.63) is 64.7 Å². The first kappa shape index (κ1) is 15.3. The average molecular weight is 321 g/mol. The van der Waals surface area contributed by atoms with Crippen LogP contribution < -0.4 is 10.6 Å². The van der Waals surface area contributed by atoms with E-state index in [2.05, 4.69) is 10.6 Å². The van der Waals surface area contributed by atoms with Gasteiger partial charge in [-0.3, -0.25) is 0 Å². The van der Waals surface area contributed by atoms with Crippen LogP contribution in [0.5, 0.6) is 0 Å². The van der Waals surface area contributed by atoms with Crippen LogP contribution in [0.3, 0.4) is 0 Å². The SMILES string of the molecule is O=C(O)c1ccc(CNC(=S)Nc2ccccc2Cl)cc1. The lowest BCUT2D eigenvalue weighted by Gasteiger charge is -2.11. The van der Waals surface area contributed by atoms with E-state index in [1.807, 2.05) is 18.2 Å². The third-order valence-corrected chi connectivity index (χ3v) is 3.35. The molecule has 0 amide bonds. The van der Waals surface area contributed by atoms with Gasteiger partial charge in [0.05, 0.1) is 16.3 Å². The van der Waals surface area contributed by atoms with Crippen LogP contribution in [-0.4, -0.2) is 16.2 Å². The van der Waals surface area contributed by atoms with Crippen molar-refractivity contribution in [3.63, 3.8) is 0 Å². The number of nitrogens with one attached hydrogen (secondary N) is 2. The summed E-state index contributed by atoms with van der Waals surface area (Å²) in [4.78, 5) is 10.8. The maximum atomic E-state index is 10.8. The lowest BCUT2D eigenvalue weighted by atomic mass is 10.1. The van der Waals surface area contributed by atoms with Gasteiger partial charge in [0, 0.05) is 6.54 Å². The van der Waals surface area contributed by atoms with Crippen molar-refractivity contribution in [1.29, 1.82) is 0 Å². The van der Waals surface area contributed by atoms with Gasteiger partial charge < -0.3 is 15.7 Å². The van der Waals surface area contributed by atoms with Gasteiger partial charge in [-0.25, -0.2) is 4.79 Å². The molecule has 0 atom stereocenters. The third-order valence-electron chi connectivity index (χ3n) is 2.78. The summed E-state index contributed by atoms with van der Waals surface area (Å²) >= 11 is 11.2. The summed E-state index contributed by atoms with van der Waals surface area (Å²) in [6, 6.07) is 13.9. The first-order valence-corrected chi connectivity index (χ1v) is 6.96. The number of hydrogen-bond donors (Lipinski definition) is 3. The first-order valence-electron chi connectivity index (χ1n) is 6.18. The van der Waals surface area contributed by atoms with Gasteiger partial charge in [-0.05, 0) is 42.0 Å². The fourth-order valence-corrected chi connectivity index (χ4v) is 2.04. The number of halogens is 1. The molecule has 0 unspecified atom stereocenters. The molecular formula is C15H13ClN2O2S. The number of benzene rings is 2. The van der Waals surface area contributed by atoms with Crippen LogP contribution in [0.25, 0.3) is 0 Å². The van der Waals surface area contributed by atoms with E-state index in [1.54, 1.807) is 30.3 Å². The van der Waals surface area contributed by atoms with E-state index in [0.29, 0.717) is 16.7 Å². The molecule has 2 aromatic rings. The molecule has 0 radical (unpaired) electrons. The molecule has 0 heterocycles. The molecule has 0 aromatic heterocycles. The molecule has 0 aliphatic carbocycles. The molecule has 0 saturated carbocycles. The van der Waals surface area contributed by atoms with Gasteiger partial charge in [0.25, 0.3) is 0 Å². The maximum absolute atomic E-state index is 10.8. The molecule has 0 aliphatic heterocycles. The molecule has 0 aliphatic rings. The molecule has 2 aromatic carbocycles. The van der Waals surface area contributed by atoms with Gasteiger partial charge in [0.2, 0.25) is 0 Å². The monoisotopic (exact) mass is 320 g/mol. The second-order valence-electron chi connectivity index (χ2n) is 4.29. The zero-order valence-corrected chi connectivity index (χ0v) is 12.5. The highest BCUT2D eigenvalue weighted by atomic mass is 35.5. The van der Waals surface area contributed by atoms with E-state index < -0.39 is 5.97 Å². The smallest absolute Gasteiger partial charge is 0.335 e. The minimum absolute atomic E-state index is 0.260. The van der Waals surface area contributed by atoms with E-state index >= 15 is 0 Å². The molecule has 21 heavy (non-hydrogen) atoms. The molecule has 0 bridgehead atoms. The lowest BCUT2D eigenvalue weighted by Crippen LogP contribution is -2.28. The van der Waals surface area contributed by atoms with Crippen LogP contribution in [0.2, 0.25) is 5.02 Å². The predicted octanol–water partition coefficient (Wildman–Crippen LogP) is 3.52. The predicted molar refractivity (Wildman–Crippen MR) is 87.9 cm³/mol. The molecule has 4 nitrogen and oxygen atoms in total. The Balaban J connectivity index is 1.89. The van der Waals surface area contributed by atoms with Crippen molar-refractivity contribution in [2.45, 2.75) is 6.54 Å². The zero-order valence-electron chi connectivity index (χ0n) is 11.0. The standard InChI is InChI=1S/C15H13ClN2O2S/c16-12-3-1-2-4-13(12)18-15(21)17-9-10-5-7-11(8-6-10)14(19)20/h1-8H,9H2,(H,19,20)(H2,17,18,21). The molecule has 0 saturated heterocycles. The van der Waals surface area contributed by atoms with Crippen molar-refractivity contribution in [2.75, 3.05) is 5.32 Å². The van der Waals surface area contributed by atoms with Crippen molar-refractivity contribution >= 4 is 40.6 Å². The van der Waals surface area contributed by atoms with Crippen molar-refractivity contribution in [1.82, 2.24) is 5.32 Å². The number of carboxylic acids is 1. The van der Waals surface area contributed by atoms with Gasteiger partial charge in [0.15, 0.2) is 5.11 Å². The summed E-state index contributed by atoms with van der Waals surface area (Å²) in [6.07, 6.45) is 0. The van der Waals surface area contributed by atoms with Crippen molar-refractivity contribution in [2.24, 2.45) is 0 Å². The molecule has 0 fully saturated rings. The highest BCUT2D eigenvalue weighted by Gasteiger charge is 2.03. The van der Waals surface area contributed by atoms with Gasteiger partial charge in [-0.2, -0.15) is 0 Å². The number of para-hydroxylation sites is 1. The number of carbonyl (C=O) groups is 1. The number of rotatable bonds is 4. The molecule has 2 rings (SSSR count). The Morgan fingerprint density at radius 2 is 1.81 bits per heavy atom. The van der Waals surface area contributed by atoms with Crippen LogP contribution >= 0.6 is 23.8 Å². The van der Waals surface area contributed by atoms with Crippen LogP contribution in [0.15, 0.2) is 48.5 Å². The third kappa shape index (κ3) is 4.44. The number of aromatic carboxylic acids is 1.